The van der Waals surface area contributed by atoms with Crippen molar-refractivity contribution in [1.29, 1.82) is 0 Å². The number of nitrogens with zero attached hydrogens (tertiary/aromatic N) is 3. The number of carbonyl (C=O) groups excluding carboxylic acids is 1. The van der Waals surface area contributed by atoms with Crippen molar-refractivity contribution in [3.8, 4) is 11.3 Å². The topological polar surface area (TPSA) is 102 Å². The van der Waals surface area contributed by atoms with Crippen molar-refractivity contribution >= 4 is 35.5 Å². The van der Waals surface area contributed by atoms with Gasteiger partial charge in [-0.2, -0.15) is 13.2 Å². The van der Waals surface area contributed by atoms with Crippen molar-refractivity contribution in [2.75, 3.05) is 18.4 Å². The molecule has 0 bridgehead atoms. The number of amides is 1. The molecule has 0 aliphatic carbocycles. The van der Waals surface area contributed by atoms with E-state index in [-0.39, 0.29) is 23.2 Å². The average Bonchev–Trinajstić information content (AvgIpc) is 3.39. The van der Waals surface area contributed by atoms with Crippen LogP contribution in [0.2, 0.25) is 0 Å². The molecule has 1 amide bonds. The predicted octanol–water partition coefficient (Wildman–Crippen LogP) is 5.75. The Bertz CT molecular complexity index is 1470. The highest BCUT2D eigenvalue weighted by atomic mass is 19.4. The van der Waals surface area contributed by atoms with Gasteiger partial charge in [-0.25, -0.2) is 14.8 Å². The van der Waals surface area contributed by atoms with Crippen LogP contribution in [0, 0.1) is 0 Å². The van der Waals surface area contributed by atoms with Gasteiger partial charge in [-0.1, -0.05) is 18.2 Å². The number of fused-ring (bicyclic) bond motifs is 1. The second-order valence-electron chi connectivity index (χ2n) is 12.9. The molecular weight excluding hydrogens is 550 g/mol. The number of benzene rings is 1. The lowest BCUT2D eigenvalue weighted by molar-refractivity contribution is -0.137. The third-order valence-electron chi connectivity index (χ3n) is 8.01. The first-order valence-electron chi connectivity index (χ1n) is 14.1. The SMILES string of the molecule is CC(C)(C)OC(=O)N1CCC[C@H](Nc2ncc(C(F)(F)F)c(-c3c[nH]c4c(B5OC(C)(C)C(C)(C)O5)cccc34)n2)C1. The molecule has 2 N–H and O–H groups in total. The van der Waals surface area contributed by atoms with E-state index < -0.39 is 41.8 Å². The van der Waals surface area contributed by atoms with Gasteiger partial charge in [-0.3, -0.25) is 0 Å². The van der Waals surface area contributed by atoms with Crippen molar-refractivity contribution < 1.29 is 32.0 Å². The summed E-state index contributed by atoms with van der Waals surface area (Å²) in [5, 5.41) is 3.69. The van der Waals surface area contributed by atoms with Crippen LogP contribution in [-0.4, -0.2) is 69.0 Å². The molecule has 42 heavy (non-hydrogen) atoms. The lowest BCUT2D eigenvalue weighted by atomic mass is 9.77. The summed E-state index contributed by atoms with van der Waals surface area (Å²) in [7, 11) is -0.700. The normalized spacial score (nSPS) is 20.7. The molecule has 2 fully saturated rings. The number of likely N-dealkylation sites (tertiary alicyclic amines) is 1. The molecule has 13 heteroatoms. The maximum Gasteiger partial charge on any atom is 0.497 e. The van der Waals surface area contributed by atoms with E-state index >= 15 is 0 Å². The second kappa shape index (κ2) is 10.4. The molecule has 1 aromatic carbocycles. The fraction of sp³-hybridized carbons (Fsp3) is 0.552. The van der Waals surface area contributed by atoms with Gasteiger partial charge >= 0.3 is 19.4 Å². The number of H-pyrrole nitrogens is 1. The number of carbonyl (C=O) groups is 1. The Balaban J connectivity index is 1.46. The molecule has 9 nitrogen and oxygen atoms in total. The van der Waals surface area contributed by atoms with Gasteiger partial charge in [0.15, 0.2) is 0 Å². The summed E-state index contributed by atoms with van der Waals surface area (Å²) in [5.41, 5.74) is -1.43. The Labute approximate surface area is 243 Å². The van der Waals surface area contributed by atoms with Gasteiger partial charge in [-0.15, -0.1) is 0 Å². The first-order chi connectivity index (χ1) is 19.5. The quantitative estimate of drug-likeness (QED) is 0.375. The highest BCUT2D eigenvalue weighted by molar-refractivity contribution is 6.65. The summed E-state index contributed by atoms with van der Waals surface area (Å²) in [5.74, 6) is 0.0468. The first kappa shape index (κ1) is 30.2. The van der Waals surface area contributed by atoms with Gasteiger partial charge in [0.05, 0.1) is 16.9 Å². The largest absolute Gasteiger partial charge is 0.497 e. The molecule has 2 saturated heterocycles. The summed E-state index contributed by atoms with van der Waals surface area (Å²) in [6.07, 6.45) is -1.39. The van der Waals surface area contributed by atoms with Crippen LogP contribution in [0.5, 0.6) is 0 Å². The molecule has 0 radical (unpaired) electrons. The number of ether oxygens (including phenoxy) is 1. The van der Waals surface area contributed by atoms with Crippen LogP contribution in [-0.2, 0) is 20.2 Å². The average molecular weight is 587 g/mol. The molecule has 0 unspecified atom stereocenters. The highest BCUT2D eigenvalue weighted by Gasteiger charge is 2.52. The van der Waals surface area contributed by atoms with Gasteiger partial charge in [0.25, 0.3) is 0 Å². The zero-order chi connectivity index (χ0) is 30.7. The number of hydrogen-bond donors (Lipinski definition) is 2. The Hall–Kier alpha value is -3.32. The molecule has 226 valence electrons. The van der Waals surface area contributed by atoms with Crippen LogP contribution < -0.4 is 10.8 Å². The minimum atomic E-state index is -4.68. The summed E-state index contributed by atoms with van der Waals surface area (Å²) < 4.78 is 60.5. The van der Waals surface area contributed by atoms with Gasteiger partial charge in [0.2, 0.25) is 5.95 Å². The molecule has 3 aromatic rings. The third kappa shape index (κ3) is 5.94. The minimum Gasteiger partial charge on any atom is -0.444 e. The molecule has 2 aliphatic heterocycles. The van der Waals surface area contributed by atoms with E-state index in [1.54, 1.807) is 37.8 Å². The summed E-state index contributed by atoms with van der Waals surface area (Å²) >= 11 is 0. The van der Waals surface area contributed by atoms with E-state index in [9.17, 15) is 18.0 Å². The fourth-order valence-corrected chi connectivity index (χ4v) is 5.17. The van der Waals surface area contributed by atoms with Crippen molar-refractivity contribution in [3.63, 3.8) is 0 Å². The summed E-state index contributed by atoms with van der Waals surface area (Å²) in [6, 6.07) is 5.09. The molecule has 2 aromatic heterocycles. The number of anilines is 1. The molecule has 0 saturated carbocycles. The number of para-hydroxylation sites is 1. The molecule has 4 heterocycles. The van der Waals surface area contributed by atoms with E-state index in [1.807, 2.05) is 33.8 Å². The van der Waals surface area contributed by atoms with Crippen LogP contribution in [0.1, 0.15) is 66.9 Å². The van der Waals surface area contributed by atoms with Crippen molar-refractivity contribution in [1.82, 2.24) is 19.9 Å². The Morgan fingerprint density at radius 3 is 2.50 bits per heavy atom. The van der Waals surface area contributed by atoms with Crippen LogP contribution in [0.15, 0.2) is 30.6 Å². The maximum absolute atomic E-state index is 14.2. The summed E-state index contributed by atoms with van der Waals surface area (Å²) in [6.45, 7) is 14.0. The van der Waals surface area contributed by atoms with E-state index in [4.69, 9.17) is 14.0 Å². The summed E-state index contributed by atoms with van der Waals surface area (Å²) in [4.78, 5) is 25.7. The first-order valence-corrected chi connectivity index (χ1v) is 14.1. The van der Waals surface area contributed by atoms with Crippen LogP contribution in [0.4, 0.5) is 23.9 Å². The predicted molar refractivity (Wildman–Crippen MR) is 154 cm³/mol. The third-order valence-corrected chi connectivity index (χ3v) is 8.01. The smallest absolute Gasteiger partial charge is 0.444 e. The molecule has 0 spiro atoms. The number of piperidine rings is 1. The second-order valence-corrected chi connectivity index (χ2v) is 12.9. The number of aromatic amines is 1. The van der Waals surface area contributed by atoms with Crippen LogP contribution in [0.25, 0.3) is 22.2 Å². The van der Waals surface area contributed by atoms with Gasteiger partial charge < -0.3 is 29.2 Å². The number of hydrogen-bond acceptors (Lipinski definition) is 7. The van der Waals surface area contributed by atoms with E-state index in [1.165, 1.54) is 6.20 Å². The van der Waals surface area contributed by atoms with Gasteiger partial charge in [0.1, 0.15) is 11.2 Å². The molecule has 2 aliphatic rings. The maximum atomic E-state index is 14.2. The van der Waals surface area contributed by atoms with E-state index in [2.05, 4.69) is 20.3 Å². The van der Waals surface area contributed by atoms with E-state index in [0.717, 1.165) is 6.20 Å². The van der Waals surface area contributed by atoms with Crippen LogP contribution in [0.3, 0.4) is 0 Å². The monoisotopic (exact) mass is 587 g/mol. The fourth-order valence-electron chi connectivity index (χ4n) is 5.17. The number of aromatic nitrogens is 3. The van der Waals surface area contributed by atoms with Gasteiger partial charge in [-0.05, 0) is 61.3 Å². The molecular formula is C29H37BF3N5O4. The zero-order valence-corrected chi connectivity index (χ0v) is 25.0. The minimum absolute atomic E-state index is 0.0468. The van der Waals surface area contributed by atoms with Crippen molar-refractivity contribution in [2.45, 2.75) is 90.3 Å². The number of alkyl halides is 3. The van der Waals surface area contributed by atoms with Crippen molar-refractivity contribution in [2.24, 2.45) is 0 Å². The lowest BCUT2D eigenvalue weighted by Crippen LogP contribution is -2.47. The standard InChI is InChI=1S/C29H37BF3N5O4/c1-26(2,3)40-25(39)38-13-9-10-17(16-38)36-24-35-15-20(29(31,32)33)22(37-24)19-14-34-23-18(19)11-8-12-21(23)30-41-27(4,5)28(6,7)42-30/h8,11-12,14-15,17,34H,9-10,13,16H2,1-7H3,(H,35,36,37)/t17-/m0/s1. The zero-order valence-electron chi connectivity index (χ0n) is 25.0. The Morgan fingerprint density at radius 1 is 1.17 bits per heavy atom. The number of halogens is 3. The highest BCUT2D eigenvalue weighted by Crippen LogP contribution is 2.40. The number of rotatable bonds is 4. The number of nitrogens with one attached hydrogen (secondary N) is 2. The van der Waals surface area contributed by atoms with E-state index in [0.29, 0.717) is 42.3 Å². The molecule has 5 rings (SSSR count). The van der Waals surface area contributed by atoms with Crippen LogP contribution >= 0.6 is 0 Å². The Morgan fingerprint density at radius 2 is 1.86 bits per heavy atom. The lowest BCUT2D eigenvalue weighted by Gasteiger charge is -2.34. The molecule has 1 atom stereocenters. The van der Waals surface area contributed by atoms with Gasteiger partial charge in [0, 0.05) is 53.5 Å². The Kier molecular flexibility index (Phi) is 7.50. The van der Waals surface area contributed by atoms with Crippen molar-refractivity contribution in [3.05, 3.63) is 36.2 Å².